The number of benzene rings is 1. The highest BCUT2D eigenvalue weighted by atomic mass is 32.2. The van der Waals surface area contributed by atoms with E-state index in [9.17, 15) is 13.2 Å². The maximum Gasteiger partial charge on any atom is 0.246 e. The number of hydrogen-bond acceptors (Lipinski definition) is 5. The van der Waals surface area contributed by atoms with Crippen LogP contribution in [0.5, 0.6) is 5.75 Å². The van der Waals surface area contributed by atoms with E-state index in [1.807, 2.05) is 18.5 Å². The van der Waals surface area contributed by atoms with Crippen LogP contribution in [0, 0.1) is 19.8 Å². The number of nitrogens with zero attached hydrogens (tertiary/aromatic N) is 3. The van der Waals surface area contributed by atoms with Gasteiger partial charge in [-0.15, -0.1) is 0 Å². The fourth-order valence-electron chi connectivity index (χ4n) is 3.85. The molecule has 2 rings (SSSR count). The third kappa shape index (κ3) is 6.57. The van der Waals surface area contributed by atoms with E-state index in [0.717, 1.165) is 23.5 Å². The second kappa shape index (κ2) is 11.7. The summed E-state index contributed by atoms with van der Waals surface area (Å²) >= 11 is 0. The minimum Gasteiger partial charge on any atom is -0.492 e. The van der Waals surface area contributed by atoms with Crippen molar-refractivity contribution in [1.82, 2.24) is 14.1 Å². The number of carbonyl (C=O) groups excluding carboxylic acids is 1. The smallest absolute Gasteiger partial charge is 0.246 e. The molecule has 9 heteroatoms. The summed E-state index contributed by atoms with van der Waals surface area (Å²) in [5.74, 6) is 0.590. The summed E-state index contributed by atoms with van der Waals surface area (Å²) in [5.41, 5.74) is 3.54. The first-order chi connectivity index (χ1) is 15.5. The lowest BCUT2D eigenvalue weighted by molar-refractivity contribution is -0.116. The van der Waals surface area contributed by atoms with Crippen LogP contribution in [0.2, 0.25) is 0 Å². The molecule has 0 aliphatic carbocycles. The van der Waals surface area contributed by atoms with E-state index in [4.69, 9.17) is 4.74 Å². The van der Waals surface area contributed by atoms with Crippen molar-refractivity contribution >= 4 is 21.6 Å². The Hall–Kier alpha value is -2.39. The number of aromatic nitrogens is 2. The quantitative estimate of drug-likeness (QED) is 0.494. The number of carbonyl (C=O) groups is 1. The molecule has 1 N–H and O–H groups in total. The predicted octanol–water partition coefficient (Wildman–Crippen LogP) is 4.16. The van der Waals surface area contributed by atoms with Gasteiger partial charge in [0, 0.05) is 37.4 Å². The molecule has 0 radical (unpaired) electrons. The molecule has 1 amide bonds. The number of rotatable bonds is 12. The van der Waals surface area contributed by atoms with Gasteiger partial charge in [-0.2, -0.15) is 9.40 Å². The maximum absolute atomic E-state index is 13.1. The van der Waals surface area contributed by atoms with Gasteiger partial charge in [0.1, 0.15) is 10.6 Å². The van der Waals surface area contributed by atoms with Crippen molar-refractivity contribution in [3.8, 4) is 5.75 Å². The number of ether oxygens (including phenoxy) is 1. The Labute approximate surface area is 198 Å². The van der Waals surface area contributed by atoms with Crippen LogP contribution in [0.1, 0.15) is 58.0 Å². The molecule has 1 heterocycles. The van der Waals surface area contributed by atoms with Crippen LogP contribution in [0.25, 0.3) is 0 Å². The molecule has 8 nitrogen and oxygen atoms in total. The monoisotopic (exact) mass is 478 g/mol. The molecule has 0 unspecified atom stereocenters. The van der Waals surface area contributed by atoms with E-state index in [2.05, 4.69) is 24.3 Å². The predicted molar refractivity (Wildman–Crippen MR) is 131 cm³/mol. The Morgan fingerprint density at radius 1 is 1.18 bits per heavy atom. The molecule has 0 fully saturated rings. The molecule has 0 spiro atoms. The molecule has 184 valence electrons. The highest BCUT2D eigenvalue weighted by Crippen LogP contribution is 2.30. The van der Waals surface area contributed by atoms with Crippen molar-refractivity contribution in [2.45, 2.75) is 72.7 Å². The Bertz CT molecular complexity index is 1060. The molecule has 1 aromatic carbocycles. The van der Waals surface area contributed by atoms with Crippen molar-refractivity contribution < 1.29 is 17.9 Å². The fraction of sp³-hybridized carbons (Fsp3) is 0.583. The number of nitrogens with one attached hydrogen (secondary N) is 1. The number of aryl methyl sites for hydroxylation is 1. The summed E-state index contributed by atoms with van der Waals surface area (Å²) in [6.45, 7) is 15.6. The molecular formula is C24H38N4O4S. The van der Waals surface area contributed by atoms with Crippen molar-refractivity contribution in [3.63, 3.8) is 0 Å². The van der Waals surface area contributed by atoms with Crippen LogP contribution >= 0.6 is 0 Å². The van der Waals surface area contributed by atoms with Gasteiger partial charge in [0.05, 0.1) is 12.3 Å². The summed E-state index contributed by atoms with van der Waals surface area (Å²) < 4.78 is 35.2. The summed E-state index contributed by atoms with van der Waals surface area (Å²) in [6, 6.07) is 4.74. The summed E-state index contributed by atoms with van der Waals surface area (Å²) in [5, 5.41) is 7.45. The number of amides is 1. The maximum atomic E-state index is 13.1. The summed E-state index contributed by atoms with van der Waals surface area (Å²) in [6.07, 6.45) is 0.851. The van der Waals surface area contributed by atoms with Gasteiger partial charge in [0.2, 0.25) is 15.9 Å². The molecule has 2 aromatic rings. The molecule has 0 bridgehead atoms. The topological polar surface area (TPSA) is 93.5 Å². The van der Waals surface area contributed by atoms with Gasteiger partial charge in [-0.3, -0.25) is 9.48 Å². The molecule has 0 aliphatic heterocycles. The molecule has 1 aromatic heterocycles. The zero-order chi connectivity index (χ0) is 24.8. The van der Waals surface area contributed by atoms with Gasteiger partial charge in [-0.1, -0.05) is 27.7 Å². The summed E-state index contributed by atoms with van der Waals surface area (Å²) in [4.78, 5) is 12.7. The lowest BCUT2D eigenvalue weighted by atomic mass is 10.1. The van der Waals surface area contributed by atoms with Crippen LogP contribution < -0.4 is 10.1 Å². The molecule has 0 atom stereocenters. The van der Waals surface area contributed by atoms with Crippen molar-refractivity contribution in [3.05, 3.63) is 35.2 Å². The van der Waals surface area contributed by atoms with E-state index in [0.29, 0.717) is 37.7 Å². The van der Waals surface area contributed by atoms with Crippen molar-refractivity contribution in [2.75, 3.05) is 25.0 Å². The minimum absolute atomic E-state index is 0.0625. The third-order valence-corrected chi connectivity index (χ3v) is 7.59. The molecule has 33 heavy (non-hydrogen) atoms. The van der Waals surface area contributed by atoms with E-state index >= 15 is 0 Å². The molecule has 0 saturated heterocycles. The Morgan fingerprint density at radius 2 is 1.85 bits per heavy atom. The van der Waals surface area contributed by atoms with E-state index in [1.54, 1.807) is 32.9 Å². The SMILES string of the molecule is CCOc1ccc(NC(=O)CCc2c(C)nn(CC(C)C)c2C)cc1S(=O)(=O)N(CC)CC. The highest BCUT2D eigenvalue weighted by molar-refractivity contribution is 7.89. The van der Waals surface area contributed by atoms with Crippen LogP contribution in [-0.4, -0.2) is 48.1 Å². The lowest BCUT2D eigenvalue weighted by Gasteiger charge is -2.21. The Kier molecular flexibility index (Phi) is 9.48. The van der Waals surface area contributed by atoms with Crippen LogP contribution in [0.3, 0.4) is 0 Å². The normalized spacial score (nSPS) is 11.9. The Morgan fingerprint density at radius 3 is 2.42 bits per heavy atom. The lowest BCUT2D eigenvalue weighted by Crippen LogP contribution is -2.31. The second-order valence-electron chi connectivity index (χ2n) is 8.46. The highest BCUT2D eigenvalue weighted by Gasteiger charge is 2.26. The second-order valence-corrected chi connectivity index (χ2v) is 10.4. The third-order valence-electron chi connectivity index (χ3n) is 5.52. The first kappa shape index (κ1) is 26.9. The zero-order valence-electron chi connectivity index (χ0n) is 20.9. The zero-order valence-corrected chi connectivity index (χ0v) is 21.8. The summed E-state index contributed by atoms with van der Waals surface area (Å²) in [7, 11) is -3.74. The first-order valence-electron chi connectivity index (χ1n) is 11.6. The van der Waals surface area contributed by atoms with Crippen molar-refractivity contribution in [2.24, 2.45) is 5.92 Å². The van der Waals surface area contributed by atoms with Gasteiger partial charge < -0.3 is 10.1 Å². The fourth-order valence-corrected chi connectivity index (χ4v) is 5.46. The molecule has 0 saturated carbocycles. The Balaban J connectivity index is 2.19. The number of hydrogen-bond donors (Lipinski definition) is 1. The van der Waals surface area contributed by atoms with Gasteiger partial charge in [0.25, 0.3) is 0 Å². The van der Waals surface area contributed by atoms with Crippen LogP contribution in [-0.2, 0) is 27.8 Å². The first-order valence-corrected chi connectivity index (χ1v) is 13.1. The van der Waals surface area contributed by atoms with Gasteiger partial charge in [0.15, 0.2) is 0 Å². The number of sulfonamides is 1. The van der Waals surface area contributed by atoms with E-state index < -0.39 is 10.0 Å². The largest absolute Gasteiger partial charge is 0.492 e. The average Bonchev–Trinajstić information content (AvgIpc) is 3.00. The van der Waals surface area contributed by atoms with Gasteiger partial charge in [-0.05, 0) is 56.9 Å². The van der Waals surface area contributed by atoms with E-state index in [1.165, 1.54) is 10.4 Å². The van der Waals surface area contributed by atoms with Crippen LogP contribution in [0.4, 0.5) is 5.69 Å². The van der Waals surface area contributed by atoms with Gasteiger partial charge in [-0.25, -0.2) is 8.42 Å². The van der Waals surface area contributed by atoms with Gasteiger partial charge >= 0.3 is 0 Å². The van der Waals surface area contributed by atoms with Crippen molar-refractivity contribution in [1.29, 1.82) is 0 Å². The molecular weight excluding hydrogens is 440 g/mol. The average molecular weight is 479 g/mol. The van der Waals surface area contributed by atoms with E-state index in [-0.39, 0.29) is 23.0 Å². The molecule has 0 aliphatic rings. The minimum atomic E-state index is -3.74. The standard InChI is InChI=1S/C24H38N4O4S/c1-8-27(9-2)33(30,31)23-15-20(11-13-22(23)32-10-3)25-24(29)14-12-21-18(6)26-28(19(21)7)16-17(4)5/h11,13,15,17H,8-10,12,14,16H2,1-7H3,(H,25,29). The number of anilines is 1. The van der Waals surface area contributed by atoms with Crippen LogP contribution in [0.15, 0.2) is 23.1 Å².